The summed E-state index contributed by atoms with van der Waals surface area (Å²) in [6.07, 6.45) is 0.453. The first-order valence-electron chi connectivity index (χ1n) is 16.8. The van der Waals surface area contributed by atoms with Gasteiger partial charge in [-0.25, -0.2) is 9.37 Å². The Morgan fingerprint density at radius 3 is 1.75 bits per heavy atom. The van der Waals surface area contributed by atoms with Gasteiger partial charge in [0, 0.05) is 24.1 Å². The Morgan fingerprint density at radius 2 is 1.24 bits per heavy atom. The van der Waals surface area contributed by atoms with Gasteiger partial charge in [0.2, 0.25) is 5.71 Å². The zero-order chi connectivity index (χ0) is 36.7. The molecule has 7 rings (SSSR count). The average molecular weight is 689 g/mol. The van der Waals surface area contributed by atoms with Crippen molar-refractivity contribution in [2.75, 3.05) is 6.54 Å². The maximum atomic E-state index is 15.4. The standard InChI is InChI=1S/C40H37N3O8/c1-37(2,3)50-35(44)34-39(31-17-11-9-15-29(31)30-16-10-12-18-32(30)39)40(34,36(45)51-38(4,5)6)41-20-19-24-13-7-8-14-28(24)33(41)25-21-26(42(46)47)23-27(22-25)43(48)49/h7-18,21-23H,19-20H2,1-6H3/p+1/b35-34-. The van der Waals surface area contributed by atoms with Crippen molar-refractivity contribution in [1.29, 1.82) is 0 Å². The van der Waals surface area contributed by atoms with E-state index in [4.69, 9.17) is 9.47 Å². The third kappa shape index (κ3) is 5.01. The number of hydrogen-bond donors (Lipinski definition) is 1. The van der Waals surface area contributed by atoms with Crippen LogP contribution in [0.15, 0.2) is 103 Å². The molecular weight excluding hydrogens is 650 g/mol. The van der Waals surface area contributed by atoms with Gasteiger partial charge in [-0.3, -0.25) is 20.2 Å². The molecule has 1 saturated carbocycles. The van der Waals surface area contributed by atoms with Crippen molar-refractivity contribution in [3.63, 3.8) is 0 Å². The number of non-ortho nitro benzene ring substituents is 2. The van der Waals surface area contributed by atoms with Crippen molar-refractivity contribution in [3.05, 3.63) is 151 Å². The molecule has 1 heterocycles. The number of hydrogen-bond acceptors (Lipinski definition) is 8. The molecule has 1 spiro atoms. The topological polar surface area (TPSA) is 145 Å². The number of aliphatic hydroxyl groups excluding tert-OH is 1. The molecule has 0 bridgehead atoms. The lowest BCUT2D eigenvalue weighted by Gasteiger charge is -2.29. The smallest absolute Gasteiger partial charge is 0.385 e. The fraction of sp³-hybridized carbons (Fsp3) is 0.300. The number of fused-ring (bicyclic) bond motifs is 6. The van der Waals surface area contributed by atoms with Gasteiger partial charge < -0.3 is 14.6 Å². The van der Waals surface area contributed by atoms with Crippen molar-refractivity contribution in [2.24, 2.45) is 0 Å². The molecule has 1 fully saturated rings. The third-order valence-corrected chi connectivity index (χ3v) is 9.63. The van der Waals surface area contributed by atoms with Crippen LogP contribution in [-0.2, 0) is 26.1 Å². The minimum absolute atomic E-state index is 0.170. The Hall–Kier alpha value is -5.84. The predicted octanol–water partition coefficient (Wildman–Crippen LogP) is 7.55. The highest BCUT2D eigenvalue weighted by atomic mass is 16.6. The molecule has 11 heteroatoms. The number of rotatable bonds is 6. The van der Waals surface area contributed by atoms with Gasteiger partial charge in [0.1, 0.15) is 28.7 Å². The van der Waals surface area contributed by atoms with Gasteiger partial charge in [-0.2, -0.15) is 0 Å². The van der Waals surface area contributed by atoms with E-state index in [2.05, 4.69) is 0 Å². The minimum Gasteiger partial charge on any atom is -0.481 e. The molecule has 0 amide bonds. The van der Waals surface area contributed by atoms with Gasteiger partial charge >= 0.3 is 11.5 Å². The Morgan fingerprint density at radius 1 is 0.745 bits per heavy atom. The summed E-state index contributed by atoms with van der Waals surface area (Å²) < 4.78 is 14.4. The van der Waals surface area contributed by atoms with E-state index in [0.717, 1.165) is 33.9 Å². The first-order valence-corrected chi connectivity index (χ1v) is 16.8. The van der Waals surface area contributed by atoms with Crippen molar-refractivity contribution in [3.8, 4) is 11.1 Å². The van der Waals surface area contributed by atoms with Crippen LogP contribution in [0.3, 0.4) is 0 Å². The molecule has 2 aliphatic carbocycles. The van der Waals surface area contributed by atoms with Crippen molar-refractivity contribution in [1.82, 2.24) is 0 Å². The van der Waals surface area contributed by atoms with Crippen LogP contribution in [0, 0.1) is 20.2 Å². The molecule has 0 aromatic heterocycles. The number of esters is 1. The summed E-state index contributed by atoms with van der Waals surface area (Å²) in [4.78, 5) is 38.5. The average Bonchev–Trinajstić information content (AvgIpc) is 3.62. The Bertz CT molecular complexity index is 2160. The quantitative estimate of drug-likeness (QED) is 0.0719. The van der Waals surface area contributed by atoms with Gasteiger partial charge in [-0.05, 0) is 75.4 Å². The van der Waals surface area contributed by atoms with Gasteiger partial charge in [0.25, 0.3) is 17.3 Å². The minimum atomic E-state index is -1.80. The molecule has 1 aliphatic heterocycles. The Kier molecular flexibility index (Phi) is 7.48. The fourth-order valence-corrected chi connectivity index (χ4v) is 8.05. The van der Waals surface area contributed by atoms with Gasteiger partial charge in [0.05, 0.1) is 21.5 Å². The molecule has 0 radical (unpaired) electrons. The molecule has 260 valence electrons. The van der Waals surface area contributed by atoms with Gasteiger partial charge in [-0.1, -0.05) is 66.7 Å². The number of nitro groups is 2. The molecular formula is C40H38N3O8+. The normalized spacial score (nSPS) is 19.5. The van der Waals surface area contributed by atoms with Crippen molar-refractivity contribution >= 4 is 23.1 Å². The van der Waals surface area contributed by atoms with E-state index in [1.165, 1.54) is 12.1 Å². The van der Waals surface area contributed by atoms with E-state index in [-0.39, 0.29) is 17.7 Å². The van der Waals surface area contributed by atoms with Gasteiger partial charge in [0.15, 0.2) is 0 Å². The predicted molar refractivity (Wildman–Crippen MR) is 190 cm³/mol. The van der Waals surface area contributed by atoms with Crippen molar-refractivity contribution in [2.45, 2.75) is 70.1 Å². The van der Waals surface area contributed by atoms with Crippen molar-refractivity contribution < 1.29 is 33.8 Å². The van der Waals surface area contributed by atoms with Crippen LogP contribution in [0.4, 0.5) is 11.4 Å². The van der Waals surface area contributed by atoms with Crippen LogP contribution in [0.2, 0.25) is 0 Å². The van der Waals surface area contributed by atoms with E-state index in [1.54, 1.807) is 41.5 Å². The molecule has 11 nitrogen and oxygen atoms in total. The number of carbonyl (C=O) groups excluding carboxylic acids is 1. The number of carbonyl (C=O) groups is 1. The lowest BCUT2D eigenvalue weighted by Crippen LogP contribution is -2.51. The second-order valence-corrected chi connectivity index (χ2v) is 15.1. The summed E-state index contributed by atoms with van der Waals surface area (Å²) in [5, 5.41) is 36.6. The SMILES string of the molecule is CC(C)(C)OC(=O)C1([N+]2=C(c3cc([N+](=O)[O-])cc([N+](=O)[O-])c3)c3ccccc3CC2)/C(=C(/O)OC(C)(C)C)C12c1ccccc1-c1ccccc12. The number of nitrogens with zero attached hydrogens (tertiary/aromatic N) is 3. The van der Waals surface area contributed by atoms with E-state index < -0.39 is 55.3 Å². The second-order valence-electron chi connectivity index (χ2n) is 15.1. The van der Waals surface area contributed by atoms with Crippen LogP contribution >= 0.6 is 0 Å². The zero-order valence-corrected chi connectivity index (χ0v) is 29.2. The lowest BCUT2D eigenvalue weighted by atomic mass is 9.85. The van der Waals surface area contributed by atoms with Gasteiger partial charge in [-0.15, -0.1) is 0 Å². The summed E-state index contributed by atoms with van der Waals surface area (Å²) in [6, 6.07) is 26.4. The number of benzene rings is 4. The summed E-state index contributed by atoms with van der Waals surface area (Å²) in [5.41, 5.74) is -0.412. The van der Waals surface area contributed by atoms with Crippen LogP contribution in [0.25, 0.3) is 11.1 Å². The second kappa shape index (κ2) is 11.3. The third-order valence-electron chi connectivity index (χ3n) is 9.63. The molecule has 51 heavy (non-hydrogen) atoms. The van der Waals surface area contributed by atoms with E-state index >= 15 is 4.79 Å². The summed E-state index contributed by atoms with van der Waals surface area (Å²) in [6.45, 7) is 10.9. The Balaban J connectivity index is 1.71. The van der Waals surface area contributed by atoms with Crippen LogP contribution in [-0.4, -0.2) is 54.5 Å². The molecule has 4 aromatic carbocycles. The summed E-state index contributed by atoms with van der Waals surface area (Å²) in [7, 11) is 0. The number of ether oxygens (including phenoxy) is 2. The fourth-order valence-electron chi connectivity index (χ4n) is 8.05. The van der Waals surface area contributed by atoms with Crippen LogP contribution in [0.5, 0.6) is 0 Å². The highest BCUT2D eigenvalue weighted by Crippen LogP contribution is 2.75. The molecule has 4 aromatic rings. The maximum Gasteiger partial charge on any atom is 0.385 e. The molecule has 0 saturated heterocycles. The first kappa shape index (κ1) is 33.6. The van der Waals surface area contributed by atoms with Crippen LogP contribution < -0.4 is 0 Å². The molecule has 1 unspecified atom stereocenters. The summed E-state index contributed by atoms with van der Waals surface area (Å²) in [5.74, 6) is -1.11. The van der Waals surface area contributed by atoms with E-state index in [9.17, 15) is 25.3 Å². The van der Waals surface area contributed by atoms with E-state index in [1.807, 2.05) is 77.4 Å². The number of nitro benzene ring substituents is 2. The number of aliphatic hydroxyl groups is 1. The van der Waals surface area contributed by atoms with E-state index in [0.29, 0.717) is 17.7 Å². The largest absolute Gasteiger partial charge is 0.481 e. The highest BCUT2D eigenvalue weighted by molar-refractivity contribution is 6.14. The molecule has 1 N–H and O–H groups in total. The molecule has 3 aliphatic rings. The Labute approximate surface area is 294 Å². The monoisotopic (exact) mass is 688 g/mol. The molecule has 1 atom stereocenters. The zero-order valence-electron chi connectivity index (χ0n) is 29.2. The highest BCUT2D eigenvalue weighted by Gasteiger charge is 2.92. The summed E-state index contributed by atoms with van der Waals surface area (Å²) >= 11 is 0. The van der Waals surface area contributed by atoms with Crippen LogP contribution in [0.1, 0.15) is 69.4 Å². The maximum absolute atomic E-state index is 15.4. The lowest BCUT2D eigenvalue weighted by molar-refractivity contribution is -0.569. The first-order chi connectivity index (χ1) is 24.0.